The second-order valence-corrected chi connectivity index (χ2v) is 6.23. The van der Waals surface area contributed by atoms with Gasteiger partial charge in [0.05, 0.1) is 0 Å². The summed E-state index contributed by atoms with van der Waals surface area (Å²) in [4.78, 5) is 16.5. The molecule has 0 atom stereocenters. The lowest BCUT2D eigenvalue weighted by atomic mass is 10.1. The standard InChI is InChI=1S/C18H29N3O/c1-2-3-8-12-20-18(22)15-11-13-19-17(14-15)21-16-9-6-4-5-7-10-16/h11,13-14,16H,2-10,12H2,1H3,(H,19,21)(H,20,22). The van der Waals surface area contributed by atoms with Crippen LogP contribution in [0.2, 0.25) is 0 Å². The molecule has 1 amide bonds. The number of unbranched alkanes of at least 4 members (excludes halogenated alkanes) is 2. The van der Waals surface area contributed by atoms with Crippen molar-refractivity contribution in [3.05, 3.63) is 23.9 Å². The summed E-state index contributed by atoms with van der Waals surface area (Å²) in [5, 5.41) is 6.48. The van der Waals surface area contributed by atoms with Gasteiger partial charge in [-0.25, -0.2) is 4.98 Å². The number of hydrogen-bond acceptors (Lipinski definition) is 3. The van der Waals surface area contributed by atoms with Gasteiger partial charge in [-0.05, 0) is 31.4 Å². The van der Waals surface area contributed by atoms with Gasteiger partial charge in [-0.3, -0.25) is 4.79 Å². The second-order valence-electron chi connectivity index (χ2n) is 6.23. The Morgan fingerprint density at radius 3 is 2.73 bits per heavy atom. The molecule has 1 fully saturated rings. The first kappa shape index (κ1) is 16.8. The van der Waals surface area contributed by atoms with Gasteiger partial charge in [0.2, 0.25) is 0 Å². The highest BCUT2D eigenvalue weighted by Crippen LogP contribution is 2.20. The quantitative estimate of drug-likeness (QED) is 0.588. The normalized spacial score (nSPS) is 16.0. The van der Waals surface area contributed by atoms with Gasteiger partial charge in [-0.2, -0.15) is 0 Å². The van der Waals surface area contributed by atoms with E-state index in [9.17, 15) is 4.79 Å². The highest BCUT2D eigenvalue weighted by atomic mass is 16.1. The van der Waals surface area contributed by atoms with Crippen molar-refractivity contribution in [2.24, 2.45) is 0 Å². The highest BCUT2D eigenvalue weighted by molar-refractivity contribution is 5.94. The second kappa shape index (κ2) is 9.44. The molecule has 1 saturated carbocycles. The minimum absolute atomic E-state index is 0.00224. The predicted octanol–water partition coefficient (Wildman–Crippen LogP) is 4.14. The van der Waals surface area contributed by atoms with Gasteiger partial charge >= 0.3 is 0 Å². The van der Waals surface area contributed by atoms with E-state index in [1.165, 1.54) is 44.9 Å². The number of aromatic nitrogens is 1. The monoisotopic (exact) mass is 303 g/mol. The Bertz CT molecular complexity index is 453. The van der Waals surface area contributed by atoms with E-state index in [-0.39, 0.29) is 5.91 Å². The SMILES string of the molecule is CCCCCNC(=O)c1ccnc(NC2CCCCCC2)c1. The molecule has 4 nitrogen and oxygen atoms in total. The fourth-order valence-corrected chi connectivity index (χ4v) is 2.96. The summed E-state index contributed by atoms with van der Waals surface area (Å²) in [7, 11) is 0. The average molecular weight is 303 g/mol. The number of carbonyl (C=O) groups excluding carboxylic acids is 1. The fourth-order valence-electron chi connectivity index (χ4n) is 2.96. The molecule has 0 spiro atoms. The van der Waals surface area contributed by atoms with E-state index in [0.717, 1.165) is 25.2 Å². The predicted molar refractivity (Wildman–Crippen MR) is 91.2 cm³/mol. The van der Waals surface area contributed by atoms with Crippen molar-refractivity contribution in [2.75, 3.05) is 11.9 Å². The van der Waals surface area contributed by atoms with Crippen LogP contribution in [0.15, 0.2) is 18.3 Å². The third kappa shape index (κ3) is 5.66. The maximum atomic E-state index is 12.1. The molecule has 2 rings (SSSR count). The molecular formula is C18H29N3O. The van der Waals surface area contributed by atoms with Crippen molar-refractivity contribution in [3.8, 4) is 0 Å². The van der Waals surface area contributed by atoms with Crippen LogP contribution in [-0.2, 0) is 0 Å². The maximum Gasteiger partial charge on any atom is 0.251 e. The van der Waals surface area contributed by atoms with Gasteiger partial charge in [0.25, 0.3) is 5.91 Å². The van der Waals surface area contributed by atoms with Gasteiger partial charge < -0.3 is 10.6 Å². The zero-order chi connectivity index (χ0) is 15.6. The third-order valence-electron chi connectivity index (χ3n) is 4.30. The number of hydrogen-bond donors (Lipinski definition) is 2. The summed E-state index contributed by atoms with van der Waals surface area (Å²) in [5.74, 6) is 0.829. The van der Waals surface area contributed by atoms with E-state index in [4.69, 9.17) is 0 Å². The van der Waals surface area contributed by atoms with E-state index >= 15 is 0 Å². The van der Waals surface area contributed by atoms with E-state index in [0.29, 0.717) is 11.6 Å². The van der Waals surface area contributed by atoms with Gasteiger partial charge in [0.15, 0.2) is 0 Å². The molecule has 1 aromatic heterocycles. The summed E-state index contributed by atoms with van der Waals surface area (Å²) in [6, 6.07) is 4.16. The lowest BCUT2D eigenvalue weighted by molar-refractivity contribution is 0.0953. The van der Waals surface area contributed by atoms with Crippen molar-refractivity contribution >= 4 is 11.7 Å². The van der Waals surface area contributed by atoms with Gasteiger partial charge in [-0.1, -0.05) is 45.4 Å². The molecule has 0 unspecified atom stereocenters. The topological polar surface area (TPSA) is 54.0 Å². The van der Waals surface area contributed by atoms with Crippen molar-refractivity contribution in [3.63, 3.8) is 0 Å². The molecule has 0 aromatic carbocycles. The molecule has 1 aliphatic rings. The Balaban J connectivity index is 1.87. The number of anilines is 1. The number of amides is 1. The van der Waals surface area contributed by atoms with Crippen molar-refractivity contribution in [1.82, 2.24) is 10.3 Å². The van der Waals surface area contributed by atoms with Gasteiger partial charge in [0, 0.05) is 24.3 Å². The molecule has 1 aromatic rings. The Hall–Kier alpha value is -1.58. The largest absolute Gasteiger partial charge is 0.367 e. The first-order valence-corrected chi connectivity index (χ1v) is 8.80. The number of pyridine rings is 1. The van der Waals surface area contributed by atoms with Crippen LogP contribution in [0.1, 0.15) is 75.1 Å². The zero-order valence-corrected chi connectivity index (χ0v) is 13.7. The number of nitrogens with one attached hydrogen (secondary N) is 2. The van der Waals surface area contributed by atoms with Gasteiger partial charge in [-0.15, -0.1) is 0 Å². The minimum Gasteiger partial charge on any atom is -0.367 e. The number of rotatable bonds is 7. The molecule has 22 heavy (non-hydrogen) atoms. The lowest BCUT2D eigenvalue weighted by Crippen LogP contribution is -2.25. The van der Waals surface area contributed by atoms with Gasteiger partial charge in [0.1, 0.15) is 5.82 Å². The molecule has 0 saturated heterocycles. The Morgan fingerprint density at radius 1 is 1.23 bits per heavy atom. The number of carbonyl (C=O) groups is 1. The third-order valence-corrected chi connectivity index (χ3v) is 4.30. The van der Waals surface area contributed by atoms with E-state index < -0.39 is 0 Å². The molecular weight excluding hydrogens is 274 g/mol. The highest BCUT2D eigenvalue weighted by Gasteiger charge is 2.13. The molecule has 4 heteroatoms. The van der Waals surface area contributed by atoms with E-state index in [2.05, 4.69) is 22.5 Å². The summed E-state index contributed by atoms with van der Waals surface area (Å²) in [6.07, 6.45) is 12.7. The minimum atomic E-state index is 0.00224. The first-order chi connectivity index (χ1) is 10.8. The number of nitrogens with zero attached hydrogens (tertiary/aromatic N) is 1. The summed E-state index contributed by atoms with van der Waals surface area (Å²) < 4.78 is 0. The first-order valence-electron chi connectivity index (χ1n) is 8.80. The molecule has 0 bridgehead atoms. The van der Waals surface area contributed by atoms with Crippen LogP contribution in [0.3, 0.4) is 0 Å². The molecule has 122 valence electrons. The Kier molecular flexibility index (Phi) is 7.20. The molecule has 2 N–H and O–H groups in total. The Morgan fingerprint density at radius 2 is 2.00 bits per heavy atom. The molecule has 1 heterocycles. The molecule has 0 radical (unpaired) electrons. The van der Waals surface area contributed by atoms with Crippen molar-refractivity contribution < 1.29 is 4.79 Å². The smallest absolute Gasteiger partial charge is 0.251 e. The summed E-state index contributed by atoms with van der Waals surface area (Å²) in [6.45, 7) is 2.91. The lowest BCUT2D eigenvalue weighted by Gasteiger charge is -2.17. The van der Waals surface area contributed by atoms with Crippen molar-refractivity contribution in [2.45, 2.75) is 70.8 Å². The molecule has 1 aliphatic carbocycles. The Labute approximate surface area is 134 Å². The molecule has 0 aliphatic heterocycles. The fraction of sp³-hybridized carbons (Fsp3) is 0.667. The maximum absolute atomic E-state index is 12.1. The van der Waals surface area contributed by atoms with Crippen LogP contribution in [0.4, 0.5) is 5.82 Å². The summed E-state index contributed by atoms with van der Waals surface area (Å²) in [5.41, 5.74) is 0.697. The summed E-state index contributed by atoms with van der Waals surface area (Å²) >= 11 is 0. The van der Waals surface area contributed by atoms with E-state index in [1.54, 1.807) is 12.3 Å². The van der Waals surface area contributed by atoms with E-state index in [1.807, 2.05) is 6.07 Å². The van der Waals surface area contributed by atoms with Crippen LogP contribution in [0.5, 0.6) is 0 Å². The van der Waals surface area contributed by atoms with Crippen LogP contribution < -0.4 is 10.6 Å². The average Bonchev–Trinajstić information content (AvgIpc) is 2.80. The van der Waals surface area contributed by atoms with Crippen LogP contribution >= 0.6 is 0 Å². The van der Waals surface area contributed by atoms with Crippen LogP contribution in [0, 0.1) is 0 Å². The zero-order valence-electron chi connectivity index (χ0n) is 13.7. The van der Waals surface area contributed by atoms with Crippen LogP contribution in [0.25, 0.3) is 0 Å². The van der Waals surface area contributed by atoms with Crippen molar-refractivity contribution in [1.29, 1.82) is 0 Å². The van der Waals surface area contributed by atoms with Crippen LogP contribution in [-0.4, -0.2) is 23.5 Å².